The van der Waals surface area contributed by atoms with Crippen molar-refractivity contribution in [1.29, 1.82) is 0 Å². The molecule has 36 heavy (non-hydrogen) atoms. The molecule has 0 aliphatic heterocycles. The zero-order valence-corrected chi connectivity index (χ0v) is 22.4. The minimum absolute atomic E-state index is 0.0802. The molecule has 3 rings (SSSR count). The third-order valence-corrected chi connectivity index (χ3v) is 6.28. The number of hydrogen-bond donors (Lipinski definition) is 1. The molecule has 0 heterocycles. The number of amides is 2. The summed E-state index contributed by atoms with van der Waals surface area (Å²) in [5.41, 5.74) is 1.97. The Morgan fingerprint density at radius 3 is 2.22 bits per heavy atom. The summed E-state index contributed by atoms with van der Waals surface area (Å²) in [5.74, 6) is 1.25. The van der Waals surface area contributed by atoms with E-state index < -0.39 is 6.04 Å². The number of carbonyl (C=O) groups excluding carboxylic acids is 2. The molecule has 0 aliphatic carbocycles. The second-order valence-corrected chi connectivity index (χ2v) is 9.29. The highest BCUT2D eigenvalue weighted by molar-refractivity contribution is 9.10. The van der Waals surface area contributed by atoms with Crippen molar-refractivity contribution in [1.82, 2.24) is 10.2 Å². The van der Waals surface area contributed by atoms with E-state index in [4.69, 9.17) is 9.47 Å². The van der Waals surface area contributed by atoms with Crippen LogP contribution >= 0.6 is 15.9 Å². The van der Waals surface area contributed by atoms with Gasteiger partial charge in [0.15, 0.2) is 0 Å². The minimum atomic E-state index is -0.619. The van der Waals surface area contributed by atoms with E-state index in [9.17, 15) is 9.59 Å². The Labute approximate surface area is 221 Å². The quantitative estimate of drug-likeness (QED) is 0.288. The zero-order valence-electron chi connectivity index (χ0n) is 20.8. The molecule has 0 aliphatic rings. The number of halogens is 1. The Hall–Kier alpha value is -3.32. The van der Waals surface area contributed by atoms with E-state index in [1.165, 1.54) is 0 Å². The van der Waals surface area contributed by atoms with E-state index in [1.54, 1.807) is 12.0 Å². The lowest BCUT2D eigenvalue weighted by Crippen LogP contribution is -2.50. The molecule has 1 N–H and O–H groups in total. The van der Waals surface area contributed by atoms with Gasteiger partial charge < -0.3 is 19.7 Å². The van der Waals surface area contributed by atoms with Crippen LogP contribution in [0.5, 0.6) is 11.5 Å². The van der Waals surface area contributed by atoms with Gasteiger partial charge in [0.2, 0.25) is 11.8 Å². The van der Waals surface area contributed by atoms with Crippen LogP contribution in [0.4, 0.5) is 0 Å². The molecule has 2 amide bonds. The molecule has 0 radical (unpaired) electrons. The summed E-state index contributed by atoms with van der Waals surface area (Å²) in [6.45, 7) is 3.13. The van der Waals surface area contributed by atoms with Gasteiger partial charge in [-0.3, -0.25) is 9.59 Å². The molecular formula is C29H33BrN2O4. The van der Waals surface area contributed by atoms with Gasteiger partial charge in [0.05, 0.1) is 13.7 Å². The standard InChI is InChI=1S/C29H33BrN2O4/c1-3-31-29(34)27(20-22-8-5-4-6-9-22)32(21-23-11-13-24(30)14-12-23)28(33)10-7-19-36-26-17-15-25(35-2)16-18-26/h4-6,8-9,11-18,27H,3,7,10,19-21H2,1-2H3,(H,31,34)/t27-/m1/s1. The maximum Gasteiger partial charge on any atom is 0.243 e. The van der Waals surface area contributed by atoms with Crippen LogP contribution in [0, 0.1) is 0 Å². The highest BCUT2D eigenvalue weighted by Gasteiger charge is 2.29. The number of likely N-dealkylation sites (N-methyl/N-ethyl adjacent to an activating group) is 1. The fraction of sp³-hybridized carbons (Fsp3) is 0.310. The summed E-state index contributed by atoms with van der Waals surface area (Å²) >= 11 is 3.46. The third kappa shape index (κ3) is 8.41. The lowest BCUT2D eigenvalue weighted by molar-refractivity contribution is -0.141. The fourth-order valence-electron chi connectivity index (χ4n) is 3.86. The summed E-state index contributed by atoms with van der Waals surface area (Å²) in [4.78, 5) is 28.4. The number of hydrogen-bond acceptors (Lipinski definition) is 4. The lowest BCUT2D eigenvalue weighted by atomic mass is 10.0. The molecule has 7 heteroatoms. The summed E-state index contributed by atoms with van der Waals surface area (Å²) in [5, 5.41) is 2.92. The van der Waals surface area contributed by atoms with Crippen molar-refractivity contribution in [3.63, 3.8) is 0 Å². The van der Waals surface area contributed by atoms with Crippen molar-refractivity contribution in [2.45, 2.75) is 38.8 Å². The molecule has 0 fully saturated rings. The van der Waals surface area contributed by atoms with Gasteiger partial charge in [0.1, 0.15) is 17.5 Å². The second kappa shape index (κ2) is 14.3. The molecule has 6 nitrogen and oxygen atoms in total. The van der Waals surface area contributed by atoms with E-state index in [1.807, 2.05) is 85.8 Å². The largest absolute Gasteiger partial charge is 0.497 e. The van der Waals surface area contributed by atoms with Crippen molar-refractivity contribution < 1.29 is 19.1 Å². The normalized spacial score (nSPS) is 11.4. The smallest absolute Gasteiger partial charge is 0.243 e. The number of nitrogens with zero attached hydrogens (tertiary/aromatic N) is 1. The molecule has 1 atom stereocenters. The predicted octanol–water partition coefficient (Wildman–Crippen LogP) is 5.39. The van der Waals surface area contributed by atoms with Crippen LogP contribution in [-0.2, 0) is 22.6 Å². The Morgan fingerprint density at radius 2 is 1.58 bits per heavy atom. The van der Waals surface area contributed by atoms with Crippen molar-refractivity contribution in [2.24, 2.45) is 0 Å². The van der Waals surface area contributed by atoms with Gasteiger partial charge in [0, 0.05) is 30.4 Å². The first kappa shape index (κ1) is 27.3. The average molecular weight is 553 g/mol. The summed E-state index contributed by atoms with van der Waals surface area (Å²) < 4.78 is 11.9. The third-order valence-electron chi connectivity index (χ3n) is 5.75. The summed E-state index contributed by atoms with van der Waals surface area (Å²) in [6, 6.07) is 24.3. The van der Waals surface area contributed by atoms with Gasteiger partial charge in [-0.05, 0) is 60.9 Å². The number of benzene rings is 3. The Bertz CT molecular complexity index is 1090. The molecule has 0 saturated carbocycles. The van der Waals surface area contributed by atoms with Crippen LogP contribution in [0.25, 0.3) is 0 Å². The van der Waals surface area contributed by atoms with Crippen molar-refractivity contribution in [3.8, 4) is 11.5 Å². The monoisotopic (exact) mass is 552 g/mol. The maximum absolute atomic E-state index is 13.5. The second-order valence-electron chi connectivity index (χ2n) is 8.38. The minimum Gasteiger partial charge on any atom is -0.497 e. The van der Waals surface area contributed by atoms with E-state index in [2.05, 4.69) is 21.2 Å². The van der Waals surface area contributed by atoms with Crippen molar-refractivity contribution in [2.75, 3.05) is 20.3 Å². The topological polar surface area (TPSA) is 67.9 Å². The number of rotatable bonds is 13. The maximum atomic E-state index is 13.5. The zero-order chi connectivity index (χ0) is 25.8. The molecule has 0 spiro atoms. The van der Waals surface area contributed by atoms with Gasteiger partial charge in [0.25, 0.3) is 0 Å². The molecule has 0 aromatic heterocycles. The van der Waals surface area contributed by atoms with E-state index >= 15 is 0 Å². The highest BCUT2D eigenvalue weighted by atomic mass is 79.9. The summed E-state index contributed by atoms with van der Waals surface area (Å²) in [7, 11) is 1.62. The molecule has 0 bridgehead atoms. The van der Waals surface area contributed by atoms with Gasteiger partial charge in [-0.2, -0.15) is 0 Å². The Kier molecular flexibility index (Phi) is 10.8. The molecular weight excluding hydrogens is 520 g/mol. The molecule has 0 unspecified atom stereocenters. The van der Waals surface area contributed by atoms with E-state index in [0.717, 1.165) is 27.1 Å². The van der Waals surface area contributed by atoms with Crippen LogP contribution in [-0.4, -0.2) is 43.0 Å². The first-order chi connectivity index (χ1) is 17.5. The van der Waals surface area contributed by atoms with E-state index in [0.29, 0.717) is 32.5 Å². The van der Waals surface area contributed by atoms with E-state index in [-0.39, 0.29) is 18.2 Å². The summed E-state index contributed by atoms with van der Waals surface area (Å²) in [6.07, 6.45) is 1.25. The SMILES string of the molecule is CCNC(=O)[C@@H](Cc1ccccc1)N(Cc1ccc(Br)cc1)C(=O)CCCOc1ccc(OC)cc1. The molecule has 190 valence electrons. The van der Waals surface area contributed by atoms with Crippen molar-refractivity contribution in [3.05, 3.63) is 94.5 Å². The van der Waals surface area contributed by atoms with Gasteiger partial charge in [-0.15, -0.1) is 0 Å². The predicted molar refractivity (Wildman–Crippen MR) is 145 cm³/mol. The van der Waals surface area contributed by atoms with Crippen LogP contribution in [0.2, 0.25) is 0 Å². The number of carbonyl (C=O) groups is 2. The first-order valence-corrected chi connectivity index (χ1v) is 12.9. The van der Waals surface area contributed by atoms with Crippen LogP contribution in [0.3, 0.4) is 0 Å². The van der Waals surface area contributed by atoms with Gasteiger partial charge >= 0.3 is 0 Å². The fourth-order valence-corrected chi connectivity index (χ4v) is 4.13. The number of methoxy groups -OCH3 is 1. The molecule has 0 saturated heterocycles. The Morgan fingerprint density at radius 1 is 0.917 bits per heavy atom. The first-order valence-electron chi connectivity index (χ1n) is 12.1. The average Bonchev–Trinajstić information content (AvgIpc) is 2.90. The lowest BCUT2D eigenvalue weighted by Gasteiger charge is -2.31. The van der Waals surface area contributed by atoms with Crippen LogP contribution in [0.1, 0.15) is 30.9 Å². The van der Waals surface area contributed by atoms with Crippen LogP contribution in [0.15, 0.2) is 83.3 Å². The van der Waals surface area contributed by atoms with Crippen LogP contribution < -0.4 is 14.8 Å². The molecule has 3 aromatic rings. The highest BCUT2D eigenvalue weighted by Crippen LogP contribution is 2.20. The number of nitrogens with one attached hydrogen (secondary N) is 1. The van der Waals surface area contributed by atoms with Crippen molar-refractivity contribution >= 4 is 27.7 Å². The Balaban J connectivity index is 1.73. The number of ether oxygens (including phenoxy) is 2. The van der Waals surface area contributed by atoms with Gasteiger partial charge in [-0.25, -0.2) is 0 Å². The van der Waals surface area contributed by atoms with Gasteiger partial charge in [-0.1, -0.05) is 58.4 Å². The molecule has 3 aromatic carbocycles.